The highest BCUT2D eigenvalue weighted by Gasteiger charge is 2.35. The van der Waals surface area contributed by atoms with Crippen LogP contribution in [0.3, 0.4) is 0 Å². The van der Waals surface area contributed by atoms with E-state index in [0.29, 0.717) is 36.4 Å². The van der Waals surface area contributed by atoms with Crippen molar-refractivity contribution in [3.05, 3.63) is 23.8 Å². The number of amides is 2. The molecule has 2 heterocycles. The highest BCUT2D eigenvalue weighted by molar-refractivity contribution is 5.99. The first-order chi connectivity index (χ1) is 11.0. The van der Waals surface area contributed by atoms with Gasteiger partial charge in [0.1, 0.15) is 5.75 Å². The molecule has 1 aromatic rings. The van der Waals surface area contributed by atoms with Gasteiger partial charge in [-0.05, 0) is 38.0 Å². The van der Waals surface area contributed by atoms with E-state index in [1.165, 1.54) is 0 Å². The van der Waals surface area contributed by atoms with Gasteiger partial charge in [-0.3, -0.25) is 14.4 Å². The zero-order valence-corrected chi connectivity index (χ0v) is 12.7. The van der Waals surface area contributed by atoms with Crippen LogP contribution in [0.25, 0.3) is 0 Å². The van der Waals surface area contributed by atoms with Crippen molar-refractivity contribution in [2.45, 2.75) is 25.8 Å². The molecule has 0 bridgehead atoms. The minimum absolute atomic E-state index is 0.0775. The molecule has 0 saturated carbocycles. The van der Waals surface area contributed by atoms with E-state index in [1.807, 2.05) is 0 Å². The maximum absolute atomic E-state index is 12.7. The van der Waals surface area contributed by atoms with Gasteiger partial charge in [-0.1, -0.05) is 0 Å². The second kappa shape index (κ2) is 5.91. The number of aliphatic carboxylic acids is 1. The first-order valence-corrected chi connectivity index (χ1v) is 7.58. The fourth-order valence-electron chi connectivity index (χ4n) is 3.13. The van der Waals surface area contributed by atoms with E-state index >= 15 is 0 Å². The summed E-state index contributed by atoms with van der Waals surface area (Å²) in [6, 6.07) is 4.48. The van der Waals surface area contributed by atoms with Crippen LogP contribution in [0.2, 0.25) is 0 Å². The molecule has 0 spiro atoms. The zero-order valence-electron chi connectivity index (χ0n) is 12.7. The lowest BCUT2D eigenvalue weighted by Gasteiger charge is -2.37. The Balaban J connectivity index is 1.83. The molecular formula is C16H18N2O5. The lowest BCUT2D eigenvalue weighted by atomic mass is 9.90. The van der Waals surface area contributed by atoms with Gasteiger partial charge >= 0.3 is 5.97 Å². The van der Waals surface area contributed by atoms with Crippen LogP contribution in [0.5, 0.6) is 5.75 Å². The average molecular weight is 318 g/mol. The number of anilines is 1. The van der Waals surface area contributed by atoms with Crippen LogP contribution < -0.4 is 10.1 Å². The third-order valence-corrected chi connectivity index (χ3v) is 4.43. The predicted molar refractivity (Wildman–Crippen MR) is 81.4 cm³/mol. The van der Waals surface area contributed by atoms with Crippen LogP contribution in [0, 0.1) is 5.92 Å². The smallest absolute Gasteiger partial charge is 0.308 e. The number of hydrogen-bond acceptors (Lipinski definition) is 4. The Hall–Kier alpha value is -2.57. The second-order valence-corrected chi connectivity index (χ2v) is 5.87. The van der Waals surface area contributed by atoms with Crippen molar-refractivity contribution in [2.75, 3.05) is 18.5 Å². The summed E-state index contributed by atoms with van der Waals surface area (Å²) in [5.74, 6) is -1.40. The fourth-order valence-corrected chi connectivity index (χ4v) is 3.13. The van der Waals surface area contributed by atoms with E-state index in [1.54, 1.807) is 30.0 Å². The zero-order chi connectivity index (χ0) is 16.6. The maximum atomic E-state index is 12.7. The summed E-state index contributed by atoms with van der Waals surface area (Å²) in [5, 5.41) is 11.9. The molecule has 1 fully saturated rings. The van der Waals surface area contributed by atoms with Crippen LogP contribution in [-0.4, -0.2) is 47.0 Å². The number of carbonyl (C=O) groups is 3. The van der Waals surface area contributed by atoms with Crippen molar-refractivity contribution in [1.29, 1.82) is 0 Å². The van der Waals surface area contributed by atoms with Crippen molar-refractivity contribution < 1.29 is 24.2 Å². The number of rotatable bonds is 2. The number of ether oxygens (including phenoxy) is 1. The number of hydrogen-bond donors (Lipinski definition) is 2. The highest BCUT2D eigenvalue weighted by atomic mass is 16.5. The van der Waals surface area contributed by atoms with Gasteiger partial charge in [0, 0.05) is 18.2 Å². The van der Waals surface area contributed by atoms with E-state index in [0.717, 1.165) is 0 Å². The third kappa shape index (κ3) is 2.86. The summed E-state index contributed by atoms with van der Waals surface area (Å²) in [4.78, 5) is 36.9. The Labute approximate surface area is 133 Å². The minimum atomic E-state index is -0.869. The van der Waals surface area contributed by atoms with E-state index < -0.39 is 11.9 Å². The number of nitrogens with one attached hydrogen (secondary N) is 1. The Bertz CT molecular complexity index is 672. The summed E-state index contributed by atoms with van der Waals surface area (Å²) >= 11 is 0. The minimum Gasteiger partial charge on any atom is -0.482 e. The van der Waals surface area contributed by atoms with Crippen molar-refractivity contribution >= 4 is 23.5 Å². The molecule has 2 aliphatic rings. The lowest BCUT2D eigenvalue weighted by molar-refractivity contribution is -0.145. The molecule has 2 amide bonds. The Morgan fingerprint density at radius 1 is 1.39 bits per heavy atom. The number of benzene rings is 1. The number of carboxylic acids is 1. The highest BCUT2D eigenvalue weighted by Crippen LogP contribution is 2.31. The molecule has 0 unspecified atom stereocenters. The van der Waals surface area contributed by atoms with Crippen LogP contribution >= 0.6 is 0 Å². The first kappa shape index (κ1) is 15.3. The van der Waals surface area contributed by atoms with Crippen molar-refractivity contribution in [3.8, 4) is 5.75 Å². The molecule has 1 saturated heterocycles. The Kier molecular flexibility index (Phi) is 3.94. The fraction of sp³-hybridized carbons (Fsp3) is 0.438. The molecule has 7 heteroatoms. The Morgan fingerprint density at radius 3 is 2.91 bits per heavy atom. The van der Waals surface area contributed by atoms with Gasteiger partial charge in [0.2, 0.25) is 0 Å². The van der Waals surface area contributed by atoms with Crippen molar-refractivity contribution in [2.24, 2.45) is 5.92 Å². The van der Waals surface area contributed by atoms with E-state index in [-0.39, 0.29) is 24.5 Å². The topological polar surface area (TPSA) is 95.9 Å². The van der Waals surface area contributed by atoms with Crippen molar-refractivity contribution in [3.63, 3.8) is 0 Å². The van der Waals surface area contributed by atoms with Gasteiger partial charge < -0.3 is 20.1 Å². The molecule has 3 rings (SSSR count). The van der Waals surface area contributed by atoms with Crippen molar-refractivity contribution in [1.82, 2.24) is 4.90 Å². The summed E-state index contributed by atoms with van der Waals surface area (Å²) in [7, 11) is 0. The molecule has 0 aliphatic carbocycles. The number of nitrogens with zero attached hydrogens (tertiary/aromatic N) is 1. The number of likely N-dealkylation sites (tertiary alicyclic amines) is 1. The van der Waals surface area contributed by atoms with Gasteiger partial charge in [0.05, 0.1) is 11.6 Å². The van der Waals surface area contributed by atoms with Gasteiger partial charge in [-0.25, -0.2) is 0 Å². The standard InChI is InChI=1S/C16H18N2O5/c1-9-11(16(21)22)3-2-6-18(9)15(20)10-4-5-12-13(7-10)23-8-14(19)17-12/h4-5,7,9,11H,2-3,6,8H2,1H3,(H,17,19)(H,21,22)/t9-,11-/m1/s1. The van der Waals surface area contributed by atoms with E-state index in [4.69, 9.17) is 4.74 Å². The SMILES string of the molecule is C[C@@H]1[C@H](C(=O)O)CCCN1C(=O)c1ccc2c(c1)OCC(=O)N2. The molecule has 0 radical (unpaired) electrons. The van der Waals surface area contributed by atoms with Gasteiger partial charge in [0.25, 0.3) is 11.8 Å². The Morgan fingerprint density at radius 2 is 2.17 bits per heavy atom. The first-order valence-electron chi connectivity index (χ1n) is 7.58. The average Bonchev–Trinajstić information content (AvgIpc) is 2.53. The molecular weight excluding hydrogens is 300 g/mol. The lowest BCUT2D eigenvalue weighted by Crippen LogP contribution is -2.49. The molecule has 2 aliphatic heterocycles. The van der Waals surface area contributed by atoms with E-state index in [2.05, 4.69) is 5.32 Å². The molecule has 2 N–H and O–H groups in total. The molecule has 7 nitrogen and oxygen atoms in total. The molecule has 0 aromatic heterocycles. The third-order valence-electron chi connectivity index (χ3n) is 4.43. The molecule has 122 valence electrons. The molecule has 2 atom stereocenters. The van der Waals surface area contributed by atoms with Crippen LogP contribution in [0.4, 0.5) is 5.69 Å². The van der Waals surface area contributed by atoms with Gasteiger partial charge in [-0.2, -0.15) is 0 Å². The normalized spacial score (nSPS) is 23.5. The summed E-state index contributed by atoms with van der Waals surface area (Å²) < 4.78 is 5.32. The number of piperidine rings is 1. The van der Waals surface area contributed by atoms with Gasteiger partial charge in [-0.15, -0.1) is 0 Å². The largest absolute Gasteiger partial charge is 0.482 e. The van der Waals surface area contributed by atoms with E-state index in [9.17, 15) is 19.5 Å². The van der Waals surface area contributed by atoms with Crippen LogP contribution in [0.15, 0.2) is 18.2 Å². The summed E-state index contributed by atoms with van der Waals surface area (Å²) in [6.45, 7) is 2.23. The second-order valence-electron chi connectivity index (χ2n) is 5.87. The quantitative estimate of drug-likeness (QED) is 0.858. The predicted octanol–water partition coefficient (Wildman–Crippen LogP) is 1.34. The number of carboxylic acid groups (broad SMARTS) is 1. The molecule has 1 aromatic carbocycles. The number of carbonyl (C=O) groups excluding carboxylic acids is 2. The van der Waals surface area contributed by atoms with Gasteiger partial charge in [0.15, 0.2) is 6.61 Å². The summed E-state index contributed by atoms with van der Waals surface area (Å²) in [6.07, 6.45) is 1.25. The van der Waals surface area contributed by atoms with Crippen LogP contribution in [0.1, 0.15) is 30.1 Å². The monoisotopic (exact) mass is 318 g/mol. The van der Waals surface area contributed by atoms with Crippen LogP contribution in [-0.2, 0) is 9.59 Å². The summed E-state index contributed by atoms with van der Waals surface area (Å²) in [5.41, 5.74) is 0.964. The number of fused-ring (bicyclic) bond motifs is 1. The molecule has 23 heavy (non-hydrogen) atoms. The maximum Gasteiger partial charge on any atom is 0.308 e.